The van der Waals surface area contributed by atoms with Crippen molar-refractivity contribution in [3.63, 3.8) is 0 Å². The summed E-state index contributed by atoms with van der Waals surface area (Å²) in [4.78, 5) is 0. The Hall–Kier alpha value is -0.430. The Morgan fingerprint density at radius 3 is 2.59 bits per heavy atom. The van der Waals surface area contributed by atoms with Gasteiger partial charge in [-0.15, -0.1) is 0 Å². The maximum Gasteiger partial charge on any atom is 0.151 e. The second-order valence-corrected chi connectivity index (χ2v) is 7.46. The molecule has 0 fully saturated rings. The van der Waals surface area contributed by atoms with E-state index in [-0.39, 0.29) is 6.04 Å². The molecule has 0 saturated carbocycles. The van der Waals surface area contributed by atoms with Gasteiger partial charge in [0.05, 0.1) is 5.25 Å². The van der Waals surface area contributed by atoms with E-state index in [2.05, 4.69) is 21.4 Å². The fraction of sp³-hybridized carbons (Fsp3) is 0.455. The lowest BCUT2D eigenvalue weighted by molar-refractivity contribution is 0.494. The van der Waals surface area contributed by atoms with Crippen LogP contribution in [0.5, 0.6) is 0 Å². The molecule has 0 aliphatic heterocycles. The zero-order valence-corrected chi connectivity index (χ0v) is 12.3. The minimum absolute atomic E-state index is 0.292. The van der Waals surface area contributed by atoms with E-state index in [1.165, 1.54) is 6.26 Å². The molecule has 1 aromatic rings. The number of nitrogens with one attached hydrogen (secondary N) is 1. The lowest BCUT2D eigenvalue weighted by Crippen LogP contribution is -2.47. The van der Waals surface area contributed by atoms with Crippen LogP contribution in [-0.2, 0) is 16.3 Å². The van der Waals surface area contributed by atoms with Crippen LogP contribution in [0.25, 0.3) is 0 Å². The van der Waals surface area contributed by atoms with Crippen molar-refractivity contribution in [3.8, 4) is 0 Å². The summed E-state index contributed by atoms with van der Waals surface area (Å²) in [5, 5.41) is -0.522. The standard InChI is InChI=1S/C11H17BrN2O2S/c1-8(17(2,15)16)11(14-13)7-9-4-3-5-10(12)6-9/h3-6,8,11,14H,7,13H2,1-2H3. The molecule has 1 aromatic carbocycles. The van der Waals surface area contributed by atoms with Gasteiger partial charge >= 0.3 is 0 Å². The zero-order chi connectivity index (χ0) is 13.1. The SMILES string of the molecule is CC(C(Cc1cccc(Br)c1)NN)S(C)(=O)=O. The van der Waals surface area contributed by atoms with Gasteiger partial charge in [-0.3, -0.25) is 11.3 Å². The first-order chi connectivity index (χ1) is 7.84. The van der Waals surface area contributed by atoms with Crippen LogP contribution in [0.1, 0.15) is 12.5 Å². The molecule has 0 amide bonds. The van der Waals surface area contributed by atoms with Crippen molar-refractivity contribution in [1.29, 1.82) is 0 Å². The molecule has 6 heteroatoms. The van der Waals surface area contributed by atoms with Crippen molar-refractivity contribution in [2.24, 2.45) is 5.84 Å². The maximum absolute atomic E-state index is 11.5. The molecule has 0 bridgehead atoms. The van der Waals surface area contributed by atoms with Crippen molar-refractivity contribution in [2.45, 2.75) is 24.6 Å². The number of benzene rings is 1. The number of hydrogen-bond acceptors (Lipinski definition) is 4. The van der Waals surface area contributed by atoms with Crippen molar-refractivity contribution < 1.29 is 8.42 Å². The van der Waals surface area contributed by atoms with Crippen LogP contribution >= 0.6 is 15.9 Å². The fourth-order valence-electron chi connectivity index (χ4n) is 1.58. The third-order valence-electron chi connectivity index (χ3n) is 2.80. The first-order valence-electron chi connectivity index (χ1n) is 5.24. The van der Waals surface area contributed by atoms with Crippen LogP contribution in [0.15, 0.2) is 28.7 Å². The van der Waals surface area contributed by atoms with Gasteiger partial charge in [-0.2, -0.15) is 0 Å². The average molecular weight is 321 g/mol. The highest BCUT2D eigenvalue weighted by Gasteiger charge is 2.25. The van der Waals surface area contributed by atoms with Crippen LogP contribution in [0.2, 0.25) is 0 Å². The van der Waals surface area contributed by atoms with Crippen LogP contribution in [0, 0.1) is 0 Å². The summed E-state index contributed by atoms with van der Waals surface area (Å²) in [6.45, 7) is 1.66. The summed E-state index contributed by atoms with van der Waals surface area (Å²) in [6.07, 6.45) is 1.80. The third-order valence-corrected chi connectivity index (χ3v) is 4.97. The van der Waals surface area contributed by atoms with Gasteiger partial charge in [-0.25, -0.2) is 8.42 Å². The highest BCUT2D eigenvalue weighted by atomic mass is 79.9. The van der Waals surface area contributed by atoms with Gasteiger partial charge in [0.15, 0.2) is 9.84 Å². The normalized spacial score (nSPS) is 15.5. The lowest BCUT2D eigenvalue weighted by Gasteiger charge is -2.21. The van der Waals surface area contributed by atoms with E-state index in [9.17, 15) is 8.42 Å². The monoisotopic (exact) mass is 320 g/mol. The first kappa shape index (κ1) is 14.6. The van der Waals surface area contributed by atoms with E-state index in [1.807, 2.05) is 24.3 Å². The predicted octanol–water partition coefficient (Wildman–Crippen LogP) is 1.26. The van der Waals surface area contributed by atoms with Crippen molar-refractivity contribution >= 4 is 25.8 Å². The molecule has 4 nitrogen and oxygen atoms in total. The van der Waals surface area contributed by atoms with Gasteiger partial charge in [-0.1, -0.05) is 28.1 Å². The minimum atomic E-state index is -3.10. The quantitative estimate of drug-likeness (QED) is 0.633. The number of hydrazine groups is 1. The molecule has 2 unspecified atom stereocenters. The molecule has 1 rings (SSSR count). The number of hydrogen-bond donors (Lipinski definition) is 2. The average Bonchev–Trinajstić information content (AvgIpc) is 2.24. The molecule has 3 N–H and O–H groups in total. The highest BCUT2D eigenvalue weighted by Crippen LogP contribution is 2.15. The summed E-state index contributed by atoms with van der Waals surface area (Å²) in [5.41, 5.74) is 3.62. The molecule has 0 heterocycles. The van der Waals surface area contributed by atoms with Crippen molar-refractivity contribution in [1.82, 2.24) is 5.43 Å². The molecule has 0 aliphatic carbocycles. The number of nitrogens with two attached hydrogens (primary N) is 1. The largest absolute Gasteiger partial charge is 0.271 e. The molecule has 2 atom stereocenters. The van der Waals surface area contributed by atoms with Crippen molar-refractivity contribution in [3.05, 3.63) is 34.3 Å². The van der Waals surface area contributed by atoms with Gasteiger partial charge in [-0.05, 0) is 31.0 Å². The summed E-state index contributed by atoms with van der Waals surface area (Å²) in [6, 6.07) is 7.45. The molecule has 0 radical (unpaired) electrons. The van der Waals surface area contributed by atoms with E-state index < -0.39 is 15.1 Å². The molecule has 96 valence electrons. The Balaban J connectivity index is 2.84. The number of halogens is 1. The van der Waals surface area contributed by atoms with Crippen LogP contribution in [-0.4, -0.2) is 26.0 Å². The lowest BCUT2D eigenvalue weighted by atomic mass is 10.0. The van der Waals surface area contributed by atoms with E-state index in [0.717, 1.165) is 10.0 Å². The van der Waals surface area contributed by atoms with Crippen LogP contribution < -0.4 is 11.3 Å². The predicted molar refractivity (Wildman–Crippen MR) is 73.3 cm³/mol. The summed E-state index contributed by atoms with van der Waals surface area (Å²) in [7, 11) is -3.10. The fourth-order valence-corrected chi connectivity index (χ4v) is 2.79. The Bertz CT molecular complexity index is 476. The smallest absolute Gasteiger partial charge is 0.151 e. The third kappa shape index (κ3) is 4.39. The molecule has 0 saturated heterocycles. The Labute approximate surface area is 111 Å². The van der Waals surface area contributed by atoms with Crippen LogP contribution in [0.4, 0.5) is 0 Å². The Morgan fingerprint density at radius 2 is 2.12 bits per heavy atom. The van der Waals surface area contributed by atoms with E-state index in [1.54, 1.807) is 6.92 Å². The highest BCUT2D eigenvalue weighted by molar-refractivity contribution is 9.10. The molecule has 17 heavy (non-hydrogen) atoms. The van der Waals surface area contributed by atoms with Crippen LogP contribution in [0.3, 0.4) is 0 Å². The van der Waals surface area contributed by atoms with Gasteiger partial charge in [0, 0.05) is 16.8 Å². The van der Waals surface area contributed by atoms with E-state index >= 15 is 0 Å². The van der Waals surface area contributed by atoms with Gasteiger partial charge in [0.25, 0.3) is 0 Å². The van der Waals surface area contributed by atoms with Gasteiger partial charge in [0.1, 0.15) is 0 Å². The molecule has 0 aliphatic rings. The molecular weight excluding hydrogens is 304 g/mol. The summed E-state index contributed by atoms with van der Waals surface area (Å²) >= 11 is 3.38. The van der Waals surface area contributed by atoms with Gasteiger partial charge < -0.3 is 0 Å². The molecule has 0 aromatic heterocycles. The van der Waals surface area contributed by atoms with E-state index in [4.69, 9.17) is 5.84 Å². The number of rotatable bonds is 5. The molecule has 0 spiro atoms. The number of sulfone groups is 1. The Kier molecular flexibility index (Phi) is 5.12. The second kappa shape index (κ2) is 5.95. The van der Waals surface area contributed by atoms with Gasteiger partial charge in [0.2, 0.25) is 0 Å². The first-order valence-corrected chi connectivity index (χ1v) is 7.99. The topological polar surface area (TPSA) is 72.2 Å². The Morgan fingerprint density at radius 1 is 1.47 bits per heavy atom. The molecular formula is C11H17BrN2O2S. The maximum atomic E-state index is 11.5. The second-order valence-electron chi connectivity index (χ2n) is 4.14. The van der Waals surface area contributed by atoms with Crippen molar-refractivity contribution in [2.75, 3.05) is 6.26 Å². The van der Waals surface area contributed by atoms with E-state index in [0.29, 0.717) is 6.42 Å². The minimum Gasteiger partial charge on any atom is -0.271 e. The zero-order valence-electron chi connectivity index (χ0n) is 9.85. The summed E-state index contributed by atoms with van der Waals surface area (Å²) in [5.74, 6) is 5.43. The summed E-state index contributed by atoms with van der Waals surface area (Å²) < 4.78 is 23.9.